The van der Waals surface area contributed by atoms with E-state index in [9.17, 15) is 4.79 Å². The second kappa shape index (κ2) is 6.43. The number of hydrogen-bond donors (Lipinski definition) is 0. The molecule has 0 fully saturated rings. The van der Waals surface area contributed by atoms with E-state index < -0.39 is 0 Å². The quantitative estimate of drug-likeness (QED) is 0.756. The molecule has 0 spiro atoms. The topological polar surface area (TPSA) is 20.3 Å². The smallest absolute Gasteiger partial charge is 0.226 e. The van der Waals surface area contributed by atoms with Gasteiger partial charge in [0.1, 0.15) is 0 Å². The number of nitrogens with zero attached hydrogens (tertiary/aromatic N) is 1. The van der Waals surface area contributed by atoms with Crippen molar-refractivity contribution in [2.75, 3.05) is 11.4 Å². The Morgan fingerprint density at radius 3 is 2.47 bits per heavy atom. The Morgan fingerprint density at radius 2 is 1.94 bits per heavy atom. The molecule has 0 aliphatic rings. The number of unbranched alkanes of at least 4 members (excludes halogenated alkanes) is 1. The highest BCUT2D eigenvalue weighted by Crippen LogP contribution is 2.22. The maximum Gasteiger partial charge on any atom is 0.226 e. The number of hydrogen-bond acceptors (Lipinski definition) is 1. The molecule has 2 heteroatoms. The molecule has 17 heavy (non-hydrogen) atoms. The average Bonchev–Trinajstić information content (AvgIpc) is 2.30. The third-order valence-corrected chi connectivity index (χ3v) is 3.00. The first-order valence-electron chi connectivity index (χ1n) is 6.47. The summed E-state index contributed by atoms with van der Waals surface area (Å²) in [5.41, 5.74) is 3.47. The van der Waals surface area contributed by atoms with E-state index in [0.717, 1.165) is 25.1 Å². The molecule has 1 rings (SSSR count). The van der Waals surface area contributed by atoms with Crippen molar-refractivity contribution in [1.82, 2.24) is 0 Å². The summed E-state index contributed by atoms with van der Waals surface area (Å²) in [6.07, 6.45) is 2.69. The summed E-state index contributed by atoms with van der Waals surface area (Å²) < 4.78 is 0. The van der Waals surface area contributed by atoms with E-state index in [4.69, 9.17) is 0 Å². The maximum atomic E-state index is 12.1. The van der Waals surface area contributed by atoms with E-state index in [2.05, 4.69) is 39.0 Å². The predicted octanol–water partition coefficient (Wildman–Crippen LogP) is 3.85. The van der Waals surface area contributed by atoms with Crippen LogP contribution in [0.1, 0.15) is 44.2 Å². The van der Waals surface area contributed by atoms with Crippen molar-refractivity contribution in [3.63, 3.8) is 0 Å². The minimum atomic E-state index is 0.237. The van der Waals surface area contributed by atoms with Gasteiger partial charge in [-0.3, -0.25) is 4.79 Å². The van der Waals surface area contributed by atoms with Gasteiger partial charge in [-0.1, -0.05) is 31.0 Å². The highest BCUT2D eigenvalue weighted by molar-refractivity contribution is 5.94. The average molecular weight is 233 g/mol. The number of carbonyl (C=O) groups excluding carboxylic acids is 1. The summed E-state index contributed by atoms with van der Waals surface area (Å²) in [7, 11) is 0. The summed E-state index contributed by atoms with van der Waals surface area (Å²) in [4.78, 5) is 14.0. The van der Waals surface area contributed by atoms with Crippen molar-refractivity contribution >= 4 is 11.6 Å². The SMILES string of the molecule is CCCCC(=O)N(CC)c1ccc(C)cc1C. The van der Waals surface area contributed by atoms with Gasteiger partial charge in [-0.25, -0.2) is 0 Å². The standard InChI is InChI=1S/C15H23NO/c1-5-7-8-15(17)16(6-2)14-10-9-12(3)11-13(14)4/h9-11H,5-8H2,1-4H3. The predicted molar refractivity (Wildman–Crippen MR) is 73.5 cm³/mol. The van der Waals surface area contributed by atoms with Crippen LogP contribution in [0.4, 0.5) is 5.69 Å². The molecule has 1 amide bonds. The first-order valence-corrected chi connectivity index (χ1v) is 6.47. The lowest BCUT2D eigenvalue weighted by Gasteiger charge is -2.23. The molecule has 0 radical (unpaired) electrons. The Balaban J connectivity index is 2.89. The van der Waals surface area contributed by atoms with E-state index in [1.54, 1.807) is 0 Å². The van der Waals surface area contributed by atoms with E-state index in [1.807, 2.05) is 11.8 Å². The van der Waals surface area contributed by atoms with Crippen molar-refractivity contribution in [3.05, 3.63) is 29.3 Å². The van der Waals surface area contributed by atoms with Crippen LogP contribution < -0.4 is 4.90 Å². The van der Waals surface area contributed by atoms with Gasteiger partial charge in [0.15, 0.2) is 0 Å². The molecule has 0 atom stereocenters. The van der Waals surface area contributed by atoms with Gasteiger partial charge < -0.3 is 4.90 Å². The lowest BCUT2D eigenvalue weighted by molar-refractivity contribution is -0.118. The lowest BCUT2D eigenvalue weighted by atomic mass is 10.1. The van der Waals surface area contributed by atoms with E-state index in [0.29, 0.717) is 6.42 Å². The molecule has 0 unspecified atom stereocenters. The van der Waals surface area contributed by atoms with Gasteiger partial charge in [0, 0.05) is 18.7 Å². The zero-order valence-electron chi connectivity index (χ0n) is 11.4. The summed E-state index contributed by atoms with van der Waals surface area (Å²) in [5.74, 6) is 0.237. The van der Waals surface area contributed by atoms with Crippen molar-refractivity contribution < 1.29 is 4.79 Å². The number of carbonyl (C=O) groups is 1. The fourth-order valence-corrected chi connectivity index (χ4v) is 2.05. The molecular formula is C15H23NO. The summed E-state index contributed by atoms with van der Waals surface area (Å²) in [6.45, 7) is 9.03. The molecule has 0 heterocycles. The van der Waals surface area contributed by atoms with E-state index in [1.165, 1.54) is 11.1 Å². The third-order valence-electron chi connectivity index (χ3n) is 3.00. The van der Waals surface area contributed by atoms with Crippen LogP contribution in [0.5, 0.6) is 0 Å². The molecule has 0 aliphatic carbocycles. The fraction of sp³-hybridized carbons (Fsp3) is 0.533. The number of aryl methyl sites for hydroxylation is 2. The first-order chi connectivity index (χ1) is 8.10. The van der Waals surface area contributed by atoms with Crippen LogP contribution in [-0.4, -0.2) is 12.5 Å². The van der Waals surface area contributed by atoms with Crippen molar-refractivity contribution in [2.45, 2.75) is 47.0 Å². The Bertz CT molecular complexity index is 385. The largest absolute Gasteiger partial charge is 0.312 e. The van der Waals surface area contributed by atoms with Crippen LogP contribution in [0.25, 0.3) is 0 Å². The fourth-order valence-electron chi connectivity index (χ4n) is 2.05. The zero-order valence-corrected chi connectivity index (χ0v) is 11.4. The van der Waals surface area contributed by atoms with Gasteiger partial charge in [-0.2, -0.15) is 0 Å². The minimum absolute atomic E-state index is 0.237. The van der Waals surface area contributed by atoms with Crippen LogP contribution >= 0.6 is 0 Å². The number of amides is 1. The van der Waals surface area contributed by atoms with Crippen LogP contribution in [0.2, 0.25) is 0 Å². The lowest BCUT2D eigenvalue weighted by Crippen LogP contribution is -2.30. The Kier molecular flexibility index (Phi) is 5.20. The van der Waals surface area contributed by atoms with Gasteiger partial charge in [-0.15, -0.1) is 0 Å². The van der Waals surface area contributed by atoms with Gasteiger partial charge in [0.25, 0.3) is 0 Å². The number of anilines is 1. The van der Waals surface area contributed by atoms with Crippen LogP contribution in [0.3, 0.4) is 0 Å². The van der Waals surface area contributed by atoms with Gasteiger partial charge in [0.05, 0.1) is 0 Å². The van der Waals surface area contributed by atoms with E-state index in [-0.39, 0.29) is 5.91 Å². The Hall–Kier alpha value is -1.31. The first kappa shape index (κ1) is 13.8. The molecule has 1 aromatic carbocycles. The monoisotopic (exact) mass is 233 g/mol. The summed E-state index contributed by atoms with van der Waals surface area (Å²) in [6, 6.07) is 6.25. The normalized spacial score (nSPS) is 10.4. The van der Waals surface area contributed by atoms with Crippen LogP contribution in [0.15, 0.2) is 18.2 Å². The molecule has 94 valence electrons. The third kappa shape index (κ3) is 3.58. The molecule has 0 aliphatic heterocycles. The van der Waals surface area contributed by atoms with Crippen molar-refractivity contribution in [2.24, 2.45) is 0 Å². The molecule has 0 saturated carbocycles. The highest BCUT2D eigenvalue weighted by Gasteiger charge is 2.14. The summed E-state index contributed by atoms with van der Waals surface area (Å²) >= 11 is 0. The number of rotatable bonds is 5. The van der Waals surface area contributed by atoms with E-state index >= 15 is 0 Å². The van der Waals surface area contributed by atoms with Crippen molar-refractivity contribution in [3.8, 4) is 0 Å². The van der Waals surface area contributed by atoms with Gasteiger partial charge >= 0.3 is 0 Å². The molecule has 1 aromatic rings. The second-order valence-electron chi connectivity index (χ2n) is 4.53. The van der Waals surface area contributed by atoms with Crippen LogP contribution in [-0.2, 0) is 4.79 Å². The minimum Gasteiger partial charge on any atom is -0.312 e. The number of benzene rings is 1. The molecule has 0 aromatic heterocycles. The summed E-state index contributed by atoms with van der Waals surface area (Å²) in [5, 5.41) is 0. The maximum absolute atomic E-state index is 12.1. The molecular weight excluding hydrogens is 210 g/mol. The molecule has 0 bridgehead atoms. The molecule has 0 saturated heterocycles. The van der Waals surface area contributed by atoms with Gasteiger partial charge in [0.2, 0.25) is 5.91 Å². The Morgan fingerprint density at radius 1 is 1.24 bits per heavy atom. The molecule has 0 N–H and O–H groups in total. The van der Waals surface area contributed by atoms with Crippen molar-refractivity contribution in [1.29, 1.82) is 0 Å². The Labute approximate surface area is 105 Å². The molecule has 2 nitrogen and oxygen atoms in total. The highest BCUT2D eigenvalue weighted by atomic mass is 16.2. The zero-order chi connectivity index (χ0) is 12.8. The second-order valence-corrected chi connectivity index (χ2v) is 4.53. The van der Waals surface area contributed by atoms with Crippen LogP contribution in [0, 0.1) is 13.8 Å². The van der Waals surface area contributed by atoms with Gasteiger partial charge in [-0.05, 0) is 38.8 Å².